The lowest BCUT2D eigenvalue weighted by Crippen LogP contribution is -2.49. The van der Waals surface area contributed by atoms with Gasteiger partial charge in [-0.05, 0) is 70.9 Å². The lowest BCUT2D eigenvalue weighted by Gasteiger charge is -2.21. The van der Waals surface area contributed by atoms with E-state index in [0.717, 1.165) is 28.6 Å². The van der Waals surface area contributed by atoms with Crippen LogP contribution in [0.25, 0.3) is 22.4 Å². The number of fused-ring (bicyclic) bond motifs is 3. The number of benzene rings is 2. The van der Waals surface area contributed by atoms with Crippen molar-refractivity contribution < 1.29 is 9.59 Å². The van der Waals surface area contributed by atoms with E-state index in [1.54, 1.807) is 22.0 Å². The number of aromatic nitrogens is 4. The molecule has 0 aliphatic heterocycles. The number of hydrogen-bond donors (Lipinski definition) is 2. The largest absolute Gasteiger partial charge is 0.333 e. The molecule has 0 radical (unpaired) electrons. The number of imide groups is 1. The zero-order chi connectivity index (χ0) is 25.5. The lowest BCUT2D eigenvalue weighted by atomic mass is 10.1. The number of urea groups is 1. The van der Waals surface area contributed by atoms with Crippen LogP contribution < -0.4 is 16.2 Å². The third kappa shape index (κ3) is 4.79. The van der Waals surface area contributed by atoms with Crippen LogP contribution >= 0.6 is 11.8 Å². The van der Waals surface area contributed by atoms with Crippen molar-refractivity contribution in [2.45, 2.75) is 57.5 Å². The Kier molecular flexibility index (Phi) is 6.42. The molecule has 1 atom stereocenters. The molecule has 1 unspecified atom stereocenters. The average molecular weight is 493 g/mol. The second-order valence-corrected chi connectivity index (χ2v) is 10.8. The van der Waals surface area contributed by atoms with Crippen LogP contribution in [-0.4, -0.2) is 41.9 Å². The summed E-state index contributed by atoms with van der Waals surface area (Å²) in [6.45, 7) is 11.1. The van der Waals surface area contributed by atoms with Gasteiger partial charge in [-0.1, -0.05) is 36.0 Å². The van der Waals surface area contributed by atoms with Crippen LogP contribution in [0.5, 0.6) is 0 Å². The second kappa shape index (κ2) is 9.18. The first-order chi connectivity index (χ1) is 16.5. The van der Waals surface area contributed by atoms with E-state index in [4.69, 9.17) is 0 Å². The fourth-order valence-electron chi connectivity index (χ4n) is 3.75. The quantitative estimate of drug-likeness (QED) is 0.420. The van der Waals surface area contributed by atoms with Crippen LogP contribution in [0.15, 0.2) is 52.4 Å². The first-order valence-electron chi connectivity index (χ1n) is 11.2. The summed E-state index contributed by atoms with van der Waals surface area (Å²) < 4.78 is 3.34. The molecule has 0 spiro atoms. The molecule has 35 heavy (non-hydrogen) atoms. The molecule has 2 aromatic heterocycles. The van der Waals surface area contributed by atoms with Crippen molar-refractivity contribution >= 4 is 40.4 Å². The summed E-state index contributed by atoms with van der Waals surface area (Å²) in [4.78, 5) is 38.4. The SMILES string of the molecule is Cc1cccc(-n2c(=O)c3ccccc3n3c(SC(C)C(=O)NC(=O)NC(C)(C)C)nnc23)c1C. The standard InChI is InChI=1S/C25H28N6O3S/c1-14-10-9-13-18(15(14)2)30-21(33)17-11-7-8-12-19(17)31-23(30)28-29-24(31)35-16(3)20(32)26-22(34)27-25(4,5)6/h7-13,16H,1-6H3,(H2,26,27,32,34). The van der Waals surface area contributed by atoms with Gasteiger partial charge >= 0.3 is 6.03 Å². The maximum Gasteiger partial charge on any atom is 0.321 e. The van der Waals surface area contributed by atoms with Gasteiger partial charge in [0.25, 0.3) is 5.56 Å². The van der Waals surface area contributed by atoms with Gasteiger partial charge in [-0.3, -0.25) is 19.3 Å². The summed E-state index contributed by atoms with van der Waals surface area (Å²) in [5, 5.41) is 14.0. The van der Waals surface area contributed by atoms with Crippen molar-refractivity contribution in [3.8, 4) is 5.69 Å². The Morgan fingerprint density at radius 3 is 2.46 bits per heavy atom. The topological polar surface area (TPSA) is 110 Å². The minimum absolute atomic E-state index is 0.199. The first-order valence-corrected chi connectivity index (χ1v) is 12.1. The summed E-state index contributed by atoms with van der Waals surface area (Å²) in [7, 11) is 0. The van der Waals surface area contributed by atoms with Gasteiger partial charge < -0.3 is 5.32 Å². The Balaban J connectivity index is 1.80. The highest BCUT2D eigenvalue weighted by Crippen LogP contribution is 2.27. The number of amides is 3. The van der Waals surface area contributed by atoms with Crippen LogP contribution in [0, 0.1) is 13.8 Å². The Morgan fingerprint density at radius 2 is 1.74 bits per heavy atom. The molecule has 9 nitrogen and oxygen atoms in total. The summed E-state index contributed by atoms with van der Waals surface area (Å²) in [5.74, 6) is -0.108. The average Bonchev–Trinajstić information content (AvgIpc) is 3.18. The molecule has 4 aromatic rings. The van der Waals surface area contributed by atoms with E-state index >= 15 is 0 Å². The van der Waals surface area contributed by atoms with Crippen LogP contribution in [-0.2, 0) is 4.79 Å². The van der Waals surface area contributed by atoms with Gasteiger partial charge in [0.15, 0.2) is 5.16 Å². The highest BCUT2D eigenvalue weighted by Gasteiger charge is 2.24. The van der Waals surface area contributed by atoms with E-state index < -0.39 is 22.7 Å². The third-order valence-electron chi connectivity index (χ3n) is 5.59. The zero-order valence-corrected chi connectivity index (χ0v) is 21.4. The van der Waals surface area contributed by atoms with Gasteiger partial charge in [0, 0.05) is 5.54 Å². The normalized spacial score (nSPS) is 12.6. The van der Waals surface area contributed by atoms with Crippen molar-refractivity contribution in [2.75, 3.05) is 0 Å². The number of hydrogen-bond acceptors (Lipinski definition) is 6. The Bertz CT molecular complexity index is 1520. The van der Waals surface area contributed by atoms with E-state index in [1.807, 2.05) is 71.0 Å². The monoisotopic (exact) mass is 492 g/mol. The van der Waals surface area contributed by atoms with E-state index in [9.17, 15) is 14.4 Å². The number of nitrogens with one attached hydrogen (secondary N) is 2. The van der Waals surface area contributed by atoms with Crippen molar-refractivity contribution in [1.29, 1.82) is 0 Å². The zero-order valence-electron chi connectivity index (χ0n) is 20.5. The predicted molar refractivity (Wildman–Crippen MR) is 137 cm³/mol. The molecule has 0 aliphatic carbocycles. The number of carbonyl (C=O) groups is 2. The van der Waals surface area contributed by atoms with Gasteiger partial charge in [-0.2, -0.15) is 0 Å². The molecule has 4 rings (SSSR count). The maximum atomic E-state index is 13.5. The van der Waals surface area contributed by atoms with Gasteiger partial charge in [0.05, 0.1) is 21.8 Å². The van der Waals surface area contributed by atoms with Crippen LogP contribution in [0.3, 0.4) is 0 Å². The van der Waals surface area contributed by atoms with E-state index in [1.165, 1.54) is 0 Å². The fourth-order valence-corrected chi connectivity index (χ4v) is 4.60. The maximum absolute atomic E-state index is 13.5. The van der Waals surface area contributed by atoms with Crippen molar-refractivity contribution in [3.63, 3.8) is 0 Å². The summed E-state index contributed by atoms with van der Waals surface area (Å²) in [6, 6.07) is 12.4. The number of aryl methyl sites for hydroxylation is 1. The third-order valence-corrected chi connectivity index (χ3v) is 6.63. The van der Waals surface area contributed by atoms with Crippen molar-refractivity contribution in [1.82, 2.24) is 29.8 Å². The predicted octanol–water partition coefficient (Wildman–Crippen LogP) is 3.76. The molecule has 0 saturated carbocycles. The first kappa shape index (κ1) is 24.5. The van der Waals surface area contributed by atoms with Gasteiger partial charge in [-0.25, -0.2) is 9.36 Å². The molecule has 0 saturated heterocycles. The number of para-hydroxylation sites is 1. The number of thioether (sulfide) groups is 1. The lowest BCUT2D eigenvalue weighted by molar-refractivity contribution is -0.119. The summed E-state index contributed by atoms with van der Waals surface area (Å²) in [5.41, 5.74) is 2.70. The molecule has 0 aliphatic rings. The van der Waals surface area contributed by atoms with Gasteiger partial charge in [0.2, 0.25) is 11.7 Å². The van der Waals surface area contributed by atoms with E-state index in [0.29, 0.717) is 21.8 Å². The summed E-state index contributed by atoms with van der Waals surface area (Å²) >= 11 is 1.16. The second-order valence-electron chi connectivity index (χ2n) is 9.45. The fraction of sp³-hybridized carbons (Fsp3) is 0.320. The molecule has 2 heterocycles. The molecule has 2 N–H and O–H groups in total. The van der Waals surface area contributed by atoms with Crippen molar-refractivity contribution in [3.05, 3.63) is 63.9 Å². The number of rotatable bonds is 4. The smallest absolute Gasteiger partial charge is 0.321 e. The van der Waals surface area contributed by atoms with Crippen molar-refractivity contribution in [2.24, 2.45) is 0 Å². The minimum atomic E-state index is -0.645. The summed E-state index contributed by atoms with van der Waals surface area (Å²) in [6.07, 6.45) is 0. The molecule has 10 heteroatoms. The number of carbonyl (C=O) groups excluding carboxylic acids is 2. The molecule has 3 amide bonds. The van der Waals surface area contributed by atoms with Gasteiger partial charge in [0.1, 0.15) is 0 Å². The molecular formula is C25H28N6O3S. The molecule has 182 valence electrons. The van der Waals surface area contributed by atoms with E-state index in [-0.39, 0.29) is 5.56 Å². The highest BCUT2D eigenvalue weighted by molar-refractivity contribution is 8.00. The molecule has 0 bridgehead atoms. The Morgan fingerprint density at radius 1 is 1.03 bits per heavy atom. The number of nitrogens with zero attached hydrogens (tertiary/aromatic N) is 4. The van der Waals surface area contributed by atoms with Gasteiger partial charge in [-0.15, -0.1) is 10.2 Å². The molecular weight excluding hydrogens is 464 g/mol. The van der Waals surface area contributed by atoms with Crippen LogP contribution in [0.2, 0.25) is 0 Å². The molecule has 0 fully saturated rings. The Hall–Kier alpha value is -3.66. The molecule has 2 aromatic carbocycles. The Labute approximate surface area is 206 Å². The van der Waals surface area contributed by atoms with Crippen LogP contribution in [0.4, 0.5) is 4.79 Å². The minimum Gasteiger partial charge on any atom is -0.333 e. The van der Waals surface area contributed by atoms with E-state index in [2.05, 4.69) is 20.8 Å². The van der Waals surface area contributed by atoms with Crippen LogP contribution in [0.1, 0.15) is 38.8 Å². The highest BCUT2D eigenvalue weighted by atomic mass is 32.2.